The van der Waals surface area contributed by atoms with Crippen LogP contribution in [0.3, 0.4) is 0 Å². The third-order valence-electron chi connectivity index (χ3n) is 3.18. The first-order valence-corrected chi connectivity index (χ1v) is 7.18. The number of aliphatic hydroxyl groups excluding tert-OH is 1. The predicted octanol–water partition coefficient (Wildman–Crippen LogP) is 2.90. The Kier molecular flexibility index (Phi) is 6.43. The standard InChI is InChI=1S/C16H27FN2O/c1-12(2)11-19(9-8-18(4)5)16-7-6-14(17)10-15(16)13(3)20/h6-7,10,12-13,20H,8-9,11H2,1-5H3/t13-/m0/s1. The molecule has 114 valence electrons. The summed E-state index contributed by atoms with van der Waals surface area (Å²) in [5, 5.41) is 9.89. The van der Waals surface area contributed by atoms with E-state index in [-0.39, 0.29) is 5.82 Å². The quantitative estimate of drug-likeness (QED) is 0.833. The molecule has 0 aliphatic carbocycles. The molecule has 1 atom stereocenters. The summed E-state index contributed by atoms with van der Waals surface area (Å²) < 4.78 is 13.4. The topological polar surface area (TPSA) is 26.7 Å². The van der Waals surface area contributed by atoms with E-state index in [1.165, 1.54) is 12.1 Å². The molecule has 0 radical (unpaired) electrons. The molecule has 1 aromatic carbocycles. The summed E-state index contributed by atoms with van der Waals surface area (Å²) >= 11 is 0. The Morgan fingerprint density at radius 2 is 1.80 bits per heavy atom. The molecular formula is C16H27FN2O. The summed E-state index contributed by atoms with van der Waals surface area (Å²) in [7, 11) is 4.07. The van der Waals surface area contributed by atoms with Crippen LogP contribution in [0.5, 0.6) is 0 Å². The molecule has 0 spiro atoms. The molecule has 0 amide bonds. The molecule has 0 saturated carbocycles. The molecule has 0 aliphatic heterocycles. The van der Waals surface area contributed by atoms with Crippen LogP contribution >= 0.6 is 0 Å². The van der Waals surface area contributed by atoms with E-state index in [4.69, 9.17) is 0 Å². The first-order valence-electron chi connectivity index (χ1n) is 7.18. The lowest BCUT2D eigenvalue weighted by Crippen LogP contribution is -2.35. The van der Waals surface area contributed by atoms with Crippen LogP contribution in [0.2, 0.25) is 0 Å². The molecule has 0 aromatic heterocycles. The van der Waals surface area contributed by atoms with E-state index in [9.17, 15) is 9.50 Å². The van der Waals surface area contributed by atoms with Crippen molar-refractivity contribution >= 4 is 5.69 Å². The SMILES string of the molecule is CC(C)CN(CCN(C)C)c1ccc(F)cc1[C@H](C)O. The zero-order chi connectivity index (χ0) is 15.3. The molecule has 0 unspecified atom stereocenters. The summed E-state index contributed by atoms with van der Waals surface area (Å²) in [6, 6.07) is 4.67. The average molecular weight is 282 g/mol. The van der Waals surface area contributed by atoms with Gasteiger partial charge in [-0.25, -0.2) is 4.39 Å². The number of benzene rings is 1. The lowest BCUT2D eigenvalue weighted by molar-refractivity contribution is 0.199. The molecule has 0 heterocycles. The van der Waals surface area contributed by atoms with Gasteiger partial charge in [-0.05, 0) is 45.1 Å². The predicted molar refractivity (Wildman–Crippen MR) is 82.6 cm³/mol. The maximum absolute atomic E-state index is 13.4. The summed E-state index contributed by atoms with van der Waals surface area (Å²) in [5.41, 5.74) is 1.58. The fourth-order valence-electron chi connectivity index (χ4n) is 2.22. The van der Waals surface area contributed by atoms with E-state index in [1.807, 2.05) is 14.1 Å². The fourth-order valence-corrected chi connectivity index (χ4v) is 2.22. The van der Waals surface area contributed by atoms with E-state index in [0.717, 1.165) is 25.3 Å². The Labute approximate surface area is 122 Å². The van der Waals surface area contributed by atoms with Crippen molar-refractivity contribution in [1.82, 2.24) is 4.90 Å². The molecular weight excluding hydrogens is 255 g/mol. The molecule has 1 rings (SSSR count). The minimum atomic E-state index is -0.672. The highest BCUT2D eigenvalue weighted by atomic mass is 19.1. The molecule has 0 aliphatic rings. The van der Waals surface area contributed by atoms with Crippen LogP contribution in [0.15, 0.2) is 18.2 Å². The van der Waals surface area contributed by atoms with Crippen molar-refractivity contribution in [2.75, 3.05) is 38.6 Å². The molecule has 1 N–H and O–H groups in total. The maximum atomic E-state index is 13.4. The molecule has 3 nitrogen and oxygen atoms in total. The van der Waals surface area contributed by atoms with Crippen molar-refractivity contribution in [3.05, 3.63) is 29.6 Å². The Bertz CT molecular complexity index is 419. The normalized spacial score (nSPS) is 13.1. The van der Waals surface area contributed by atoms with Crippen LogP contribution < -0.4 is 4.90 Å². The molecule has 4 heteroatoms. The Hall–Kier alpha value is -1.13. The van der Waals surface area contributed by atoms with E-state index in [0.29, 0.717) is 11.5 Å². The molecule has 20 heavy (non-hydrogen) atoms. The van der Waals surface area contributed by atoms with Gasteiger partial charge in [-0.2, -0.15) is 0 Å². The van der Waals surface area contributed by atoms with Gasteiger partial charge in [-0.15, -0.1) is 0 Å². The van der Waals surface area contributed by atoms with Crippen LogP contribution in [-0.4, -0.2) is 43.7 Å². The van der Waals surface area contributed by atoms with E-state index in [2.05, 4.69) is 23.6 Å². The number of hydrogen-bond donors (Lipinski definition) is 1. The van der Waals surface area contributed by atoms with Gasteiger partial charge in [-0.1, -0.05) is 13.8 Å². The number of hydrogen-bond acceptors (Lipinski definition) is 3. The third kappa shape index (κ3) is 5.10. The van der Waals surface area contributed by atoms with Crippen molar-refractivity contribution in [1.29, 1.82) is 0 Å². The minimum absolute atomic E-state index is 0.304. The smallest absolute Gasteiger partial charge is 0.123 e. The largest absolute Gasteiger partial charge is 0.389 e. The van der Waals surface area contributed by atoms with Crippen LogP contribution in [0.1, 0.15) is 32.4 Å². The summed E-state index contributed by atoms with van der Waals surface area (Å²) in [6.07, 6.45) is -0.672. The highest BCUT2D eigenvalue weighted by Crippen LogP contribution is 2.28. The average Bonchev–Trinajstić information content (AvgIpc) is 2.33. The fraction of sp³-hybridized carbons (Fsp3) is 0.625. The lowest BCUT2D eigenvalue weighted by Gasteiger charge is -2.30. The van der Waals surface area contributed by atoms with Crippen LogP contribution in [-0.2, 0) is 0 Å². The highest BCUT2D eigenvalue weighted by molar-refractivity contribution is 5.55. The van der Waals surface area contributed by atoms with Gasteiger partial charge in [0.15, 0.2) is 0 Å². The number of aliphatic hydroxyl groups is 1. The van der Waals surface area contributed by atoms with E-state index in [1.54, 1.807) is 13.0 Å². The van der Waals surface area contributed by atoms with Gasteiger partial charge in [0.05, 0.1) is 6.10 Å². The monoisotopic (exact) mass is 282 g/mol. The van der Waals surface area contributed by atoms with Gasteiger partial charge < -0.3 is 14.9 Å². The lowest BCUT2D eigenvalue weighted by atomic mass is 10.1. The first kappa shape index (κ1) is 16.9. The number of anilines is 1. The zero-order valence-electron chi connectivity index (χ0n) is 13.2. The van der Waals surface area contributed by atoms with Gasteiger partial charge in [0, 0.05) is 30.9 Å². The summed E-state index contributed by atoms with van der Waals surface area (Å²) in [5.74, 6) is 0.200. The summed E-state index contributed by atoms with van der Waals surface area (Å²) in [4.78, 5) is 4.35. The highest BCUT2D eigenvalue weighted by Gasteiger charge is 2.16. The van der Waals surface area contributed by atoms with E-state index >= 15 is 0 Å². The van der Waals surface area contributed by atoms with Gasteiger partial charge in [0.2, 0.25) is 0 Å². The third-order valence-corrected chi connectivity index (χ3v) is 3.18. The van der Waals surface area contributed by atoms with Crippen LogP contribution in [0.4, 0.5) is 10.1 Å². The van der Waals surface area contributed by atoms with Gasteiger partial charge in [0.25, 0.3) is 0 Å². The Balaban J connectivity index is 3.05. The van der Waals surface area contributed by atoms with Crippen LogP contribution in [0, 0.1) is 11.7 Å². The summed E-state index contributed by atoms with van der Waals surface area (Å²) in [6.45, 7) is 8.67. The van der Waals surface area contributed by atoms with Crippen molar-refractivity contribution < 1.29 is 9.50 Å². The second-order valence-electron chi connectivity index (χ2n) is 6.02. The van der Waals surface area contributed by atoms with Crippen molar-refractivity contribution in [3.8, 4) is 0 Å². The maximum Gasteiger partial charge on any atom is 0.123 e. The second kappa shape index (κ2) is 7.60. The number of likely N-dealkylation sites (N-methyl/N-ethyl adjacent to an activating group) is 1. The zero-order valence-corrected chi connectivity index (χ0v) is 13.2. The molecule has 0 saturated heterocycles. The van der Waals surface area contributed by atoms with Crippen molar-refractivity contribution in [3.63, 3.8) is 0 Å². The number of rotatable bonds is 7. The number of halogens is 1. The molecule has 0 fully saturated rings. The second-order valence-corrected chi connectivity index (χ2v) is 6.02. The number of nitrogens with zero attached hydrogens (tertiary/aromatic N) is 2. The van der Waals surface area contributed by atoms with Crippen molar-refractivity contribution in [2.45, 2.75) is 26.9 Å². The molecule has 1 aromatic rings. The van der Waals surface area contributed by atoms with Gasteiger partial charge in [0.1, 0.15) is 5.82 Å². The van der Waals surface area contributed by atoms with Crippen molar-refractivity contribution in [2.24, 2.45) is 5.92 Å². The van der Waals surface area contributed by atoms with Gasteiger partial charge >= 0.3 is 0 Å². The first-order chi connectivity index (χ1) is 9.31. The minimum Gasteiger partial charge on any atom is -0.389 e. The van der Waals surface area contributed by atoms with Crippen LogP contribution in [0.25, 0.3) is 0 Å². The Morgan fingerprint density at radius 1 is 1.15 bits per heavy atom. The van der Waals surface area contributed by atoms with E-state index < -0.39 is 6.10 Å². The van der Waals surface area contributed by atoms with Gasteiger partial charge in [-0.3, -0.25) is 0 Å². The molecule has 0 bridgehead atoms. The Morgan fingerprint density at radius 3 is 2.30 bits per heavy atom.